The van der Waals surface area contributed by atoms with Gasteiger partial charge >= 0.3 is 0 Å². The first-order valence-electron chi connectivity index (χ1n) is 4.85. The molecular weight excluding hydrogens is 168 g/mol. The molecule has 0 fully saturated rings. The van der Waals surface area contributed by atoms with Crippen molar-refractivity contribution in [1.29, 1.82) is 0 Å². The Kier molecular flexibility index (Phi) is 6.77. The molecule has 0 radical (unpaired) electrons. The number of aliphatic hydroxyl groups is 1. The summed E-state index contributed by atoms with van der Waals surface area (Å²) >= 11 is 1.13. The van der Waals surface area contributed by atoms with Crippen molar-refractivity contribution in [2.45, 2.75) is 40.5 Å². The van der Waals surface area contributed by atoms with Gasteiger partial charge in [-0.15, -0.1) is 0 Å². The second-order valence-electron chi connectivity index (χ2n) is 3.54. The zero-order chi connectivity index (χ0) is 9.56. The highest BCUT2D eigenvalue weighted by atomic mass is 32.1. The minimum atomic E-state index is 0.320. The summed E-state index contributed by atoms with van der Waals surface area (Å²) in [4.78, 5) is 0. The third-order valence-corrected chi connectivity index (χ3v) is 3.72. The highest BCUT2D eigenvalue weighted by Gasteiger charge is 2.02. The minimum Gasteiger partial charge on any atom is -0.359 e. The van der Waals surface area contributed by atoms with E-state index in [2.05, 4.69) is 13.8 Å². The zero-order valence-electron chi connectivity index (χ0n) is 8.67. The van der Waals surface area contributed by atoms with E-state index in [1.54, 1.807) is 0 Å². The molecule has 1 N–H and O–H groups in total. The van der Waals surface area contributed by atoms with E-state index >= 15 is 0 Å². The van der Waals surface area contributed by atoms with Crippen LogP contribution in [0.3, 0.4) is 0 Å². The third kappa shape index (κ3) is 4.94. The second-order valence-corrected chi connectivity index (χ2v) is 4.68. The number of hydrogen-bond acceptors (Lipinski definition) is 0. The van der Waals surface area contributed by atoms with Gasteiger partial charge in [-0.25, -0.2) is 0 Å². The van der Waals surface area contributed by atoms with Crippen LogP contribution in [0.2, 0.25) is 0 Å². The van der Waals surface area contributed by atoms with Gasteiger partial charge < -0.3 is 5.11 Å². The van der Waals surface area contributed by atoms with Crippen LogP contribution >= 0.6 is 11.4 Å². The molecule has 0 aliphatic rings. The van der Waals surface area contributed by atoms with Gasteiger partial charge in [-0.2, -0.15) is 11.4 Å². The van der Waals surface area contributed by atoms with Crippen LogP contribution in [0.15, 0.2) is 0 Å². The van der Waals surface area contributed by atoms with Crippen molar-refractivity contribution in [2.24, 2.45) is 11.8 Å². The van der Waals surface area contributed by atoms with E-state index in [9.17, 15) is 5.11 Å². The highest BCUT2D eigenvalue weighted by Crippen LogP contribution is 2.12. The molecular formula is C10H22OS. The van der Waals surface area contributed by atoms with E-state index in [0.717, 1.165) is 23.0 Å². The van der Waals surface area contributed by atoms with E-state index in [1.807, 2.05) is 13.8 Å². The standard InChI is InChI=1S/C10H22OS/c1-5-9(6-2)7-12-10(11)8(3)4/h8-9,11-12H,5-7H2,1-4H3. The van der Waals surface area contributed by atoms with Crippen molar-refractivity contribution in [2.75, 3.05) is 5.75 Å². The molecule has 0 heterocycles. The first-order valence-corrected chi connectivity index (χ1v) is 5.93. The average molecular weight is 190 g/mol. The molecule has 0 unspecified atom stereocenters. The van der Waals surface area contributed by atoms with Gasteiger partial charge in [-0.05, 0) is 11.7 Å². The molecule has 0 rings (SSSR count). The SMILES string of the molecule is CCC(CC)C[SH]=C(O)C(C)C. The van der Waals surface area contributed by atoms with E-state index in [0.29, 0.717) is 11.0 Å². The number of hydrogen-bond donors (Lipinski definition) is 2. The Balaban J connectivity index is 3.84. The molecule has 74 valence electrons. The van der Waals surface area contributed by atoms with E-state index in [1.165, 1.54) is 12.8 Å². The molecule has 0 saturated heterocycles. The number of rotatable bonds is 5. The predicted octanol–water partition coefficient (Wildman–Crippen LogP) is 3.23. The van der Waals surface area contributed by atoms with Crippen molar-refractivity contribution < 1.29 is 5.11 Å². The molecule has 0 aromatic heterocycles. The Labute approximate surface area is 80.1 Å². The van der Waals surface area contributed by atoms with E-state index in [-0.39, 0.29) is 0 Å². The van der Waals surface area contributed by atoms with E-state index in [4.69, 9.17) is 0 Å². The van der Waals surface area contributed by atoms with Crippen molar-refractivity contribution in [3.8, 4) is 0 Å². The molecule has 0 aromatic carbocycles. The maximum Gasteiger partial charge on any atom is 0.0720 e. The molecule has 0 atom stereocenters. The Bertz CT molecular complexity index is 137. The second kappa shape index (κ2) is 6.67. The summed E-state index contributed by atoms with van der Waals surface area (Å²) in [5.41, 5.74) is 0. The quantitative estimate of drug-likeness (QED) is 0.504. The summed E-state index contributed by atoms with van der Waals surface area (Å²) in [5.74, 6) is 2.23. The summed E-state index contributed by atoms with van der Waals surface area (Å²) in [5, 5.41) is 10.1. The molecule has 1 nitrogen and oxygen atoms in total. The highest BCUT2D eigenvalue weighted by molar-refractivity contribution is 7.98. The topological polar surface area (TPSA) is 20.2 Å². The molecule has 0 aliphatic heterocycles. The van der Waals surface area contributed by atoms with Crippen molar-refractivity contribution in [3.05, 3.63) is 0 Å². The minimum absolute atomic E-state index is 0.320. The van der Waals surface area contributed by atoms with Crippen molar-refractivity contribution in [3.63, 3.8) is 0 Å². The summed E-state index contributed by atoms with van der Waals surface area (Å²) in [6, 6.07) is 0. The summed E-state index contributed by atoms with van der Waals surface area (Å²) in [7, 11) is 0. The van der Waals surface area contributed by atoms with Crippen LogP contribution in [0.4, 0.5) is 0 Å². The lowest BCUT2D eigenvalue weighted by Gasteiger charge is -2.10. The lowest BCUT2D eigenvalue weighted by Crippen LogP contribution is -2.06. The summed E-state index contributed by atoms with van der Waals surface area (Å²) in [6.07, 6.45) is 2.46. The van der Waals surface area contributed by atoms with Crippen LogP contribution in [-0.4, -0.2) is 15.9 Å². The summed E-state index contributed by atoms with van der Waals surface area (Å²) < 4.78 is 0. The number of aliphatic hydroxyl groups excluding tert-OH is 1. The van der Waals surface area contributed by atoms with Gasteiger partial charge in [-0.1, -0.05) is 40.5 Å². The molecule has 0 spiro atoms. The van der Waals surface area contributed by atoms with Gasteiger partial charge in [0.25, 0.3) is 0 Å². The first-order chi connectivity index (χ1) is 5.61. The Morgan fingerprint density at radius 1 is 1.25 bits per heavy atom. The Morgan fingerprint density at radius 2 is 1.75 bits per heavy atom. The molecule has 0 aromatic rings. The molecule has 0 bridgehead atoms. The fourth-order valence-electron chi connectivity index (χ4n) is 0.952. The molecule has 0 saturated carbocycles. The van der Waals surface area contributed by atoms with Gasteiger partial charge in [0.15, 0.2) is 0 Å². The third-order valence-electron chi connectivity index (χ3n) is 2.18. The molecule has 12 heavy (non-hydrogen) atoms. The number of thiol groups is 1. The largest absolute Gasteiger partial charge is 0.359 e. The lowest BCUT2D eigenvalue weighted by atomic mass is 10.1. The van der Waals surface area contributed by atoms with E-state index < -0.39 is 0 Å². The Hall–Kier alpha value is 0.180. The summed E-state index contributed by atoms with van der Waals surface area (Å²) in [6.45, 7) is 8.51. The van der Waals surface area contributed by atoms with Gasteiger partial charge in [0.2, 0.25) is 0 Å². The van der Waals surface area contributed by atoms with Crippen LogP contribution in [0, 0.1) is 11.8 Å². The van der Waals surface area contributed by atoms with Gasteiger partial charge in [0.1, 0.15) is 0 Å². The maximum atomic E-state index is 9.47. The predicted molar refractivity (Wildman–Crippen MR) is 60.4 cm³/mol. The molecule has 0 aliphatic carbocycles. The van der Waals surface area contributed by atoms with Gasteiger partial charge in [-0.3, -0.25) is 0 Å². The average Bonchev–Trinajstić information content (AvgIpc) is 2.05. The van der Waals surface area contributed by atoms with Crippen molar-refractivity contribution in [1.82, 2.24) is 0 Å². The van der Waals surface area contributed by atoms with Crippen LogP contribution in [0.1, 0.15) is 40.5 Å². The normalized spacial score (nSPS) is 13.8. The van der Waals surface area contributed by atoms with Crippen LogP contribution in [0.5, 0.6) is 0 Å². The molecule has 2 heteroatoms. The fraction of sp³-hybridized carbons (Fsp3) is 0.900. The van der Waals surface area contributed by atoms with Crippen LogP contribution in [-0.2, 0) is 0 Å². The fourth-order valence-corrected chi connectivity index (χ4v) is 2.28. The van der Waals surface area contributed by atoms with Gasteiger partial charge in [0.05, 0.1) is 5.05 Å². The van der Waals surface area contributed by atoms with Crippen molar-refractivity contribution >= 4 is 16.4 Å². The zero-order valence-corrected chi connectivity index (χ0v) is 9.56. The smallest absolute Gasteiger partial charge is 0.0720 e. The lowest BCUT2D eigenvalue weighted by molar-refractivity contribution is 0.519. The van der Waals surface area contributed by atoms with Gasteiger partial charge in [0, 0.05) is 5.92 Å². The maximum absolute atomic E-state index is 9.47. The monoisotopic (exact) mass is 190 g/mol. The van der Waals surface area contributed by atoms with Crippen LogP contribution < -0.4 is 0 Å². The Morgan fingerprint density at radius 3 is 2.08 bits per heavy atom. The van der Waals surface area contributed by atoms with Crippen LogP contribution in [0.25, 0.3) is 0 Å². The molecule has 0 amide bonds. The first kappa shape index (κ1) is 12.2.